The van der Waals surface area contributed by atoms with Crippen LogP contribution >= 0.6 is 39.9 Å². The summed E-state index contributed by atoms with van der Waals surface area (Å²) in [6, 6.07) is 0. The quantitative estimate of drug-likeness (QED) is 0.457. The van der Waals surface area contributed by atoms with Crippen molar-refractivity contribution in [1.29, 1.82) is 0 Å². The third-order valence-corrected chi connectivity index (χ3v) is 3.40. The predicted molar refractivity (Wildman–Crippen MR) is 45.7 cm³/mol. The average Bonchev–Trinajstić information content (AvgIpc) is 1.98. The third kappa shape index (κ3) is 1.28. The van der Waals surface area contributed by atoms with E-state index in [1.54, 1.807) is 7.05 Å². The van der Waals surface area contributed by atoms with E-state index in [0.29, 0.717) is 4.32 Å². The summed E-state index contributed by atoms with van der Waals surface area (Å²) in [6.07, 6.45) is 0. The number of halogens is 1. The molecule has 0 bridgehead atoms. The highest BCUT2D eigenvalue weighted by atomic mass is 79.9. The van der Waals surface area contributed by atoms with Crippen molar-refractivity contribution in [3.05, 3.63) is 0 Å². The molecule has 0 saturated carbocycles. The molecule has 5 heteroatoms. The SMILES string of the molecule is CN1C(=O)[C@H](Br)SC1=S. The Bertz CT molecular complexity index is 172. The summed E-state index contributed by atoms with van der Waals surface area (Å²) in [5.41, 5.74) is 0. The summed E-state index contributed by atoms with van der Waals surface area (Å²) < 4.78 is 0.483. The first-order valence-corrected chi connectivity index (χ1v) is 4.45. The third-order valence-electron chi connectivity index (χ3n) is 1.00. The maximum Gasteiger partial charge on any atom is 0.252 e. The van der Waals surface area contributed by atoms with Crippen LogP contribution in [-0.4, -0.2) is 26.3 Å². The van der Waals surface area contributed by atoms with Crippen molar-refractivity contribution in [3.8, 4) is 0 Å². The molecule has 1 atom stereocenters. The molecule has 0 unspecified atom stereocenters. The molecular formula is C4H4BrNOS2. The Morgan fingerprint density at radius 3 is 2.56 bits per heavy atom. The van der Waals surface area contributed by atoms with Gasteiger partial charge in [-0.1, -0.05) is 39.9 Å². The molecule has 9 heavy (non-hydrogen) atoms. The first-order valence-electron chi connectivity index (χ1n) is 2.25. The zero-order chi connectivity index (χ0) is 7.02. The summed E-state index contributed by atoms with van der Waals surface area (Å²) >= 11 is 9.36. The number of nitrogens with zero attached hydrogens (tertiary/aromatic N) is 1. The second-order valence-corrected chi connectivity index (χ2v) is 4.86. The van der Waals surface area contributed by atoms with Crippen molar-refractivity contribution in [2.24, 2.45) is 0 Å². The Morgan fingerprint density at radius 2 is 2.44 bits per heavy atom. The number of hydrogen-bond donors (Lipinski definition) is 0. The number of carbonyl (C=O) groups is 1. The summed E-state index contributed by atoms with van der Waals surface area (Å²) in [4.78, 5) is 12.4. The molecule has 0 radical (unpaired) electrons. The van der Waals surface area contributed by atoms with E-state index < -0.39 is 0 Å². The normalized spacial score (nSPS) is 27.8. The Labute approximate surface area is 71.1 Å². The van der Waals surface area contributed by atoms with Crippen LogP contribution in [0.5, 0.6) is 0 Å². The van der Waals surface area contributed by atoms with Gasteiger partial charge in [-0.15, -0.1) is 0 Å². The molecule has 1 fully saturated rings. The second-order valence-electron chi connectivity index (χ2n) is 1.60. The average molecular weight is 226 g/mol. The number of thiocarbonyl (C=S) groups is 1. The fraction of sp³-hybridized carbons (Fsp3) is 0.500. The summed E-state index contributed by atoms with van der Waals surface area (Å²) in [5, 5.41) is 0. The topological polar surface area (TPSA) is 20.3 Å². The van der Waals surface area contributed by atoms with Crippen LogP contribution in [0.4, 0.5) is 0 Å². The van der Waals surface area contributed by atoms with Crippen LogP contribution in [0, 0.1) is 0 Å². The summed E-state index contributed by atoms with van der Waals surface area (Å²) in [6.45, 7) is 0. The molecule has 0 spiro atoms. The largest absolute Gasteiger partial charge is 0.299 e. The van der Waals surface area contributed by atoms with E-state index in [-0.39, 0.29) is 10.1 Å². The lowest BCUT2D eigenvalue weighted by Crippen LogP contribution is -2.24. The van der Waals surface area contributed by atoms with Gasteiger partial charge in [-0.2, -0.15) is 0 Å². The van der Waals surface area contributed by atoms with Gasteiger partial charge in [0.2, 0.25) is 0 Å². The van der Waals surface area contributed by atoms with E-state index in [1.165, 1.54) is 16.7 Å². The minimum absolute atomic E-state index is 0.0324. The maximum absolute atomic E-state index is 10.9. The fourth-order valence-corrected chi connectivity index (χ4v) is 2.73. The lowest BCUT2D eigenvalue weighted by Gasteiger charge is -2.03. The van der Waals surface area contributed by atoms with Crippen molar-refractivity contribution in [2.45, 2.75) is 4.16 Å². The van der Waals surface area contributed by atoms with Crippen LogP contribution in [0.3, 0.4) is 0 Å². The van der Waals surface area contributed by atoms with Crippen molar-refractivity contribution < 1.29 is 4.79 Å². The summed E-state index contributed by atoms with van der Waals surface area (Å²) in [7, 11) is 1.68. The fourth-order valence-electron chi connectivity index (χ4n) is 0.460. The van der Waals surface area contributed by atoms with Crippen LogP contribution < -0.4 is 0 Å². The van der Waals surface area contributed by atoms with E-state index in [2.05, 4.69) is 15.9 Å². The molecule has 1 saturated heterocycles. The molecule has 50 valence electrons. The van der Waals surface area contributed by atoms with Gasteiger partial charge in [0, 0.05) is 7.05 Å². The van der Waals surface area contributed by atoms with E-state index in [0.717, 1.165) is 0 Å². The van der Waals surface area contributed by atoms with Gasteiger partial charge in [-0.3, -0.25) is 9.69 Å². The zero-order valence-corrected chi connectivity index (χ0v) is 7.85. The molecule has 0 aromatic rings. The molecule has 0 aromatic carbocycles. The Balaban J connectivity index is 2.77. The molecule has 2 nitrogen and oxygen atoms in total. The Morgan fingerprint density at radius 1 is 1.89 bits per heavy atom. The van der Waals surface area contributed by atoms with E-state index in [1.807, 2.05) is 0 Å². The van der Waals surface area contributed by atoms with E-state index >= 15 is 0 Å². The van der Waals surface area contributed by atoms with Crippen molar-refractivity contribution >= 4 is 50.1 Å². The van der Waals surface area contributed by atoms with E-state index in [9.17, 15) is 4.79 Å². The second kappa shape index (κ2) is 2.56. The first kappa shape index (κ1) is 7.50. The van der Waals surface area contributed by atoms with Crippen molar-refractivity contribution in [1.82, 2.24) is 4.90 Å². The smallest absolute Gasteiger partial charge is 0.252 e. The van der Waals surface area contributed by atoms with Gasteiger partial charge in [0.05, 0.1) is 0 Å². The zero-order valence-electron chi connectivity index (χ0n) is 4.63. The van der Waals surface area contributed by atoms with Gasteiger partial charge in [-0.05, 0) is 0 Å². The highest BCUT2D eigenvalue weighted by molar-refractivity contribution is 9.12. The number of alkyl halides is 1. The Kier molecular flexibility index (Phi) is 2.13. The molecular weight excluding hydrogens is 222 g/mol. The van der Waals surface area contributed by atoms with Gasteiger partial charge in [-0.25, -0.2) is 0 Å². The van der Waals surface area contributed by atoms with Gasteiger partial charge in [0.15, 0.2) is 0 Å². The monoisotopic (exact) mass is 225 g/mol. The van der Waals surface area contributed by atoms with Crippen LogP contribution in [0.25, 0.3) is 0 Å². The van der Waals surface area contributed by atoms with Crippen LogP contribution in [0.1, 0.15) is 0 Å². The predicted octanol–water partition coefficient (Wildman–Crippen LogP) is 1.20. The standard InChI is InChI=1S/C4H4BrNOS2/c1-6-3(7)2(5)9-4(6)8/h2H,1H3/t2-/m1/s1. The molecule has 0 N–H and O–H groups in total. The molecule has 1 heterocycles. The van der Waals surface area contributed by atoms with Crippen molar-refractivity contribution in [2.75, 3.05) is 7.05 Å². The van der Waals surface area contributed by atoms with Gasteiger partial charge >= 0.3 is 0 Å². The highest BCUT2D eigenvalue weighted by Gasteiger charge is 2.31. The first-order chi connectivity index (χ1) is 4.13. The maximum atomic E-state index is 10.9. The molecule has 0 aliphatic carbocycles. The van der Waals surface area contributed by atoms with E-state index in [4.69, 9.17) is 12.2 Å². The van der Waals surface area contributed by atoms with Crippen LogP contribution in [-0.2, 0) is 4.79 Å². The van der Waals surface area contributed by atoms with Crippen LogP contribution in [0.15, 0.2) is 0 Å². The minimum Gasteiger partial charge on any atom is -0.299 e. The molecule has 1 aliphatic rings. The number of amides is 1. The number of thioether (sulfide) groups is 1. The van der Waals surface area contributed by atoms with Crippen LogP contribution in [0.2, 0.25) is 0 Å². The summed E-state index contributed by atoms with van der Waals surface area (Å²) in [5.74, 6) is 0.0324. The van der Waals surface area contributed by atoms with Gasteiger partial charge in [0.25, 0.3) is 5.91 Å². The molecule has 0 aromatic heterocycles. The number of carbonyl (C=O) groups excluding carboxylic acids is 1. The lowest BCUT2D eigenvalue weighted by atomic mass is 10.6. The van der Waals surface area contributed by atoms with Gasteiger partial charge in [0.1, 0.15) is 8.48 Å². The number of hydrogen-bond acceptors (Lipinski definition) is 3. The minimum atomic E-state index is -0.157. The van der Waals surface area contributed by atoms with Crippen molar-refractivity contribution in [3.63, 3.8) is 0 Å². The highest BCUT2D eigenvalue weighted by Crippen LogP contribution is 2.29. The lowest BCUT2D eigenvalue weighted by molar-refractivity contribution is -0.123. The van der Waals surface area contributed by atoms with Gasteiger partial charge < -0.3 is 0 Å². The number of rotatable bonds is 0. The molecule has 1 aliphatic heterocycles. The molecule has 1 amide bonds. The molecule has 1 rings (SSSR count). The Hall–Kier alpha value is 0.390.